The Morgan fingerprint density at radius 3 is 2.23 bits per heavy atom. The molecule has 0 amide bonds. The third-order valence-electron chi connectivity index (χ3n) is 3.35. The molecule has 0 aliphatic rings. The molecule has 2 rings (SSSR count). The van der Waals surface area contributed by atoms with Crippen LogP contribution in [0.5, 0.6) is 5.75 Å². The van der Waals surface area contributed by atoms with E-state index in [0.717, 1.165) is 0 Å². The number of carbonyl (C=O) groups excluding carboxylic acids is 2. The van der Waals surface area contributed by atoms with Crippen LogP contribution in [0.4, 0.5) is 0 Å². The fourth-order valence-electron chi connectivity index (χ4n) is 2.06. The third kappa shape index (κ3) is 5.25. The number of carbonyl (C=O) groups is 2. The Morgan fingerprint density at radius 1 is 1.08 bits per heavy atom. The number of carboxylic acids is 1. The molecule has 0 aromatic heterocycles. The van der Waals surface area contributed by atoms with E-state index in [1.54, 1.807) is 49.4 Å². The lowest BCUT2D eigenvalue weighted by Crippen LogP contribution is -2.29. The van der Waals surface area contributed by atoms with E-state index in [-0.39, 0.29) is 13.2 Å². The van der Waals surface area contributed by atoms with Crippen molar-refractivity contribution in [2.24, 2.45) is 0 Å². The topological polar surface area (TPSA) is 75.7 Å². The number of halogens is 2. The van der Waals surface area contributed by atoms with E-state index >= 15 is 0 Å². The van der Waals surface area contributed by atoms with E-state index in [4.69, 9.17) is 32.7 Å². The molecule has 0 aliphatic heterocycles. The fourth-order valence-corrected chi connectivity index (χ4v) is 2.57. The summed E-state index contributed by atoms with van der Waals surface area (Å²) in [6.45, 7) is 1.84. The van der Waals surface area contributed by atoms with Crippen LogP contribution < -0.4 is 9.84 Å². The van der Waals surface area contributed by atoms with Gasteiger partial charge in [-0.1, -0.05) is 41.4 Å². The number of benzene rings is 2. The summed E-state index contributed by atoms with van der Waals surface area (Å²) >= 11 is 12.2. The maximum Gasteiger partial charge on any atom is 0.339 e. The van der Waals surface area contributed by atoms with Gasteiger partial charge in [0.25, 0.3) is 0 Å². The van der Waals surface area contributed by atoms with Gasteiger partial charge in [-0.2, -0.15) is 0 Å². The van der Waals surface area contributed by atoms with Crippen LogP contribution in [-0.4, -0.2) is 18.5 Å². The summed E-state index contributed by atoms with van der Waals surface area (Å²) in [6, 6.07) is 11.7. The highest BCUT2D eigenvalue weighted by molar-refractivity contribution is 6.35. The first-order valence-corrected chi connectivity index (χ1v) is 8.44. The lowest BCUT2D eigenvalue weighted by atomic mass is 10.1. The molecule has 0 saturated heterocycles. The number of hydrogen-bond acceptors (Lipinski definition) is 5. The number of aliphatic carboxylic acids is 1. The number of carboxylic acid groups (broad SMARTS) is 1. The highest BCUT2D eigenvalue weighted by atomic mass is 35.5. The molecule has 2 aromatic carbocycles. The minimum Gasteiger partial charge on any atom is -0.545 e. The fraction of sp³-hybridized carbons (Fsp3) is 0.158. The van der Waals surface area contributed by atoms with Crippen molar-refractivity contribution >= 4 is 41.2 Å². The van der Waals surface area contributed by atoms with Crippen LogP contribution in [-0.2, 0) is 20.9 Å². The summed E-state index contributed by atoms with van der Waals surface area (Å²) in [5.74, 6) is -2.01. The van der Waals surface area contributed by atoms with E-state index < -0.39 is 17.5 Å². The first-order valence-electron chi connectivity index (χ1n) is 7.68. The Labute approximate surface area is 160 Å². The third-order valence-corrected chi connectivity index (χ3v) is 4.06. The minimum atomic E-state index is -1.60. The first kappa shape index (κ1) is 19.8. The van der Waals surface area contributed by atoms with Gasteiger partial charge in [-0.3, -0.25) is 0 Å². The Balaban J connectivity index is 2.11. The van der Waals surface area contributed by atoms with Crippen molar-refractivity contribution in [2.75, 3.05) is 6.61 Å². The minimum absolute atomic E-state index is 0.0703. The van der Waals surface area contributed by atoms with Gasteiger partial charge in [-0.05, 0) is 42.8 Å². The van der Waals surface area contributed by atoms with Crippen LogP contribution in [0.25, 0.3) is 6.08 Å². The summed E-state index contributed by atoms with van der Waals surface area (Å²) in [7, 11) is 0. The monoisotopic (exact) mass is 393 g/mol. The molecule has 7 heteroatoms. The number of esters is 1. The van der Waals surface area contributed by atoms with E-state index in [1.807, 2.05) is 0 Å². The van der Waals surface area contributed by atoms with Crippen molar-refractivity contribution in [2.45, 2.75) is 13.5 Å². The molecule has 0 heterocycles. The Kier molecular flexibility index (Phi) is 7.06. The molecule has 26 heavy (non-hydrogen) atoms. The lowest BCUT2D eigenvalue weighted by molar-refractivity contribution is -0.298. The van der Waals surface area contributed by atoms with Crippen LogP contribution in [0.15, 0.2) is 48.0 Å². The van der Waals surface area contributed by atoms with Gasteiger partial charge in [0.15, 0.2) is 0 Å². The SMILES string of the molecule is CCOC(=O)C(=Cc1ccc(OCc2c(Cl)cccc2Cl)cc1)C(=O)[O-]. The quantitative estimate of drug-likeness (QED) is 0.312. The van der Waals surface area contributed by atoms with Crippen LogP contribution in [0.2, 0.25) is 10.0 Å². The van der Waals surface area contributed by atoms with Crippen molar-refractivity contribution in [3.63, 3.8) is 0 Å². The smallest absolute Gasteiger partial charge is 0.339 e. The van der Waals surface area contributed by atoms with Crippen molar-refractivity contribution in [1.29, 1.82) is 0 Å². The zero-order valence-corrected chi connectivity index (χ0v) is 15.3. The Morgan fingerprint density at radius 2 is 1.69 bits per heavy atom. The number of hydrogen-bond donors (Lipinski definition) is 0. The molecule has 0 saturated carbocycles. The maximum atomic E-state index is 11.6. The number of rotatable bonds is 7. The molecule has 2 aromatic rings. The molecule has 0 aliphatic carbocycles. The van der Waals surface area contributed by atoms with Gasteiger partial charge in [0.2, 0.25) is 0 Å². The highest BCUT2D eigenvalue weighted by Gasteiger charge is 2.12. The molecule has 0 bridgehead atoms. The van der Waals surface area contributed by atoms with E-state index in [9.17, 15) is 14.7 Å². The van der Waals surface area contributed by atoms with Crippen molar-refractivity contribution < 1.29 is 24.2 Å². The second-order valence-electron chi connectivity index (χ2n) is 5.12. The standard InChI is InChI=1S/C19H16Cl2O5/c1-2-25-19(24)14(18(22)23)10-12-6-8-13(9-7-12)26-11-15-16(20)4-3-5-17(15)21/h3-10H,2,11H2,1H3,(H,22,23)/p-1. The number of ether oxygens (including phenoxy) is 2. The summed E-state index contributed by atoms with van der Waals surface area (Å²) < 4.78 is 10.3. The molecule has 136 valence electrons. The zero-order valence-electron chi connectivity index (χ0n) is 13.8. The van der Waals surface area contributed by atoms with E-state index in [2.05, 4.69) is 0 Å². The molecule has 0 radical (unpaired) electrons. The van der Waals surface area contributed by atoms with Crippen LogP contribution in [0.3, 0.4) is 0 Å². The first-order chi connectivity index (χ1) is 12.4. The molecule has 5 nitrogen and oxygen atoms in total. The summed E-state index contributed by atoms with van der Waals surface area (Å²) in [5.41, 5.74) is 0.602. The normalized spacial score (nSPS) is 11.1. The van der Waals surface area contributed by atoms with Crippen LogP contribution >= 0.6 is 23.2 Å². The van der Waals surface area contributed by atoms with Crippen LogP contribution in [0, 0.1) is 0 Å². The summed E-state index contributed by atoms with van der Waals surface area (Å²) in [6.07, 6.45) is 1.18. The van der Waals surface area contributed by atoms with Crippen molar-refractivity contribution in [3.05, 3.63) is 69.2 Å². The molecule has 0 fully saturated rings. The second-order valence-corrected chi connectivity index (χ2v) is 5.94. The molecular weight excluding hydrogens is 379 g/mol. The lowest BCUT2D eigenvalue weighted by Gasteiger charge is -2.10. The molecule has 0 spiro atoms. The summed E-state index contributed by atoms with van der Waals surface area (Å²) in [4.78, 5) is 22.7. The van der Waals surface area contributed by atoms with Gasteiger partial charge in [-0.15, -0.1) is 0 Å². The largest absolute Gasteiger partial charge is 0.545 e. The Hall–Kier alpha value is -2.50. The van der Waals surface area contributed by atoms with Crippen LogP contribution in [0.1, 0.15) is 18.1 Å². The molecular formula is C19H15Cl2O5-. The van der Waals surface area contributed by atoms with E-state index in [0.29, 0.717) is 26.9 Å². The molecule has 0 atom stereocenters. The van der Waals surface area contributed by atoms with Gasteiger partial charge in [-0.25, -0.2) is 4.79 Å². The predicted octanol–water partition coefficient (Wildman–Crippen LogP) is 3.27. The maximum absolute atomic E-state index is 11.6. The van der Waals surface area contributed by atoms with Gasteiger partial charge < -0.3 is 19.4 Å². The van der Waals surface area contributed by atoms with Gasteiger partial charge in [0, 0.05) is 15.6 Å². The second kappa shape index (κ2) is 9.27. The zero-order chi connectivity index (χ0) is 19.1. The van der Waals surface area contributed by atoms with Gasteiger partial charge in [0.05, 0.1) is 18.1 Å². The van der Waals surface area contributed by atoms with Crippen molar-refractivity contribution in [1.82, 2.24) is 0 Å². The average molecular weight is 394 g/mol. The summed E-state index contributed by atoms with van der Waals surface area (Å²) in [5, 5.41) is 12.1. The Bertz CT molecular complexity index is 808. The van der Waals surface area contributed by atoms with E-state index in [1.165, 1.54) is 6.08 Å². The van der Waals surface area contributed by atoms with Gasteiger partial charge >= 0.3 is 5.97 Å². The molecule has 0 N–H and O–H groups in total. The highest BCUT2D eigenvalue weighted by Crippen LogP contribution is 2.26. The van der Waals surface area contributed by atoms with Gasteiger partial charge in [0.1, 0.15) is 12.4 Å². The predicted molar refractivity (Wildman–Crippen MR) is 96.9 cm³/mol. The average Bonchev–Trinajstić information content (AvgIpc) is 2.60. The molecule has 0 unspecified atom stereocenters. The van der Waals surface area contributed by atoms with Crippen molar-refractivity contribution in [3.8, 4) is 5.75 Å².